The molecule has 0 aliphatic heterocycles. The molecular weight excluding hydrogens is 283 g/mol. The number of ether oxygens (including phenoxy) is 1. The number of hydrogen-bond donors (Lipinski definition) is 1. The van der Waals surface area contributed by atoms with Crippen LogP contribution in [0, 0.1) is 5.82 Å². The van der Waals surface area contributed by atoms with Crippen molar-refractivity contribution in [2.75, 3.05) is 19.0 Å². The maximum absolute atomic E-state index is 13.1. The fraction of sp³-hybridized carbons (Fsp3) is 0.235. The standard InChI is InChI=1S/C17H19FN2O2/c1-3-22-16-9-7-15(8-10-16)19-17(21)20(2)12-13-5-4-6-14(18)11-13/h4-11H,3,12H2,1-2H3,(H,19,21). The Morgan fingerprint density at radius 3 is 2.59 bits per heavy atom. The Morgan fingerprint density at radius 1 is 1.23 bits per heavy atom. The summed E-state index contributed by atoms with van der Waals surface area (Å²) in [6.45, 7) is 2.85. The number of rotatable bonds is 5. The Kier molecular flexibility index (Phi) is 5.36. The van der Waals surface area contributed by atoms with Crippen LogP contribution in [-0.4, -0.2) is 24.6 Å². The average molecular weight is 302 g/mol. The van der Waals surface area contributed by atoms with E-state index in [1.165, 1.54) is 17.0 Å². The van der Waals surface area contributed by atoms with Crippen LogP contribution in [0.2, 0.25) is 0 Å². The van der Waals surface area contributed by atoms with E-state index in [1.807, 2.05) is 6.92 Å². The van der Waals surface area contributed by atoms with Crippen LogP contribution < -0.4 is 10.1 Å². The Labute approximate surface area is 129 Å². The molecule has 0 aromatic heterocycles. The summed E-state index contributed by atoms with van der Waals surface area (Å²) >= 11 is 0. The molecule has 0 aliphatic carbocycles. The summed E-state index contributed by atoms with van der Waals surface area (Å²) in [4.78, 5) is 13.6. The molecule has 4 nitrogen and oxygen atoms in total. The van der Waals surface area contributed by atoms with Crippen LogP contribution in [0.15, 0.2) is 48.5 Å². The van der Waals surface area contributed by atoms with E-state index in [0.29, 0.717) is 18.8 Å². The quantitative estimate of drug-likeness (QED) is 0.910. The first kappa shape index (κ1) is 15.8. The number of amides is 2. The molecule has 0 saturated heterocycles. The molecule has 2 aromatic carbocycles. The molecule has 0 heterocycles. The molecule has 2 aromatic rings. The van der Waals surface area contributed by atoms with Gasteiger partial charge in [-0.15, -0.1) is 0 Å². The van der Waals surface area contributed by atoms with Gasteiger partial charge < -0.3 is 15.0 Å². The van der Waals surface area contributed by atoms with E-state index >= 15 is 0 Å². The van der Waals surface area contributed by atoms with Crippen molar-refractivity contribution in [1.82, 2.24) is 4.90 Å². The predicted molar refractivity (Wildman–Crippen MR) is 84.5 cm³/mol. The van der Waals surface area contributed by atoms with Crippen LogP contribution in [0.5, 0.6) is 5.75 Å². The van der Waals surface area contributed by atoms with Crippen LogP contribution in [0.4, 0.5) is 14.9 Å². The van der Waals surface area contributed by atoms with E-state index in [-0.39, 0.29) is 11.8 Å². The second-order valence-corrected chi connectivity index (χ2v) is 4.87. The molecule has 2 amide bonds. The molecule has 0 bridgehead atoms. The van der Waals surface area contributed by atoms with E-state index < -0.39 is 0 Å². The summed E-state index contributed by atoms with van der Waals surface area (Å²) in [6.07, 6.45) is 0. The predicted octanol–water partition coefficient (Wildman–Crippen LogP) is 3.89. The summed E-state index contributed by atoms with van der Waals surface area (Å²) < 4.78 is 18.5. The number of nitrogens with zero attached hydrogens (tertiary/aromatic N) is 1. The first-order chi connectivity index (χ1) is 10.6. The van der Waals surface area contributed by atoms with Gasteiger partial charge in [-0.3, -0.25) is 0 Å². The maximum Gasteiger partial charge on any atom is 0.321 e. The van der Waals surface area contributed by atoms with Crippen LogP contribution in [0.25, 0.3) is 0 Å². The largest absolute Gasteiger partial charge is 0.494 e. The number of hydrogen-bond acceptors (Lipinski definition) is 2. The minimum absolute atomic E-state index is 0.256. The number of nitrogens with one attached hydrogen (secondary N) is 1. The first-order valence-corrected chi connectivity index (χ1v) is 7.08. The molecule has 0 saturated carbocycles. The van der Waals surface area contributed by atoms with Gasteiger partial charge in [-0.25, -0.2) is 9.18 Å². The zero-order valence-electron chi connectivity index (χ0n) is 12.7. The average Bonchev–Trinajstić information content (AvgIpc) is 2.49. The fourth-order valence-electron chi connectivity index (χ4n) is 2.00. The molecular formula is C17H19FN2O2. The second-order valence-electron chi connectivity index (χ2n) is 4.87. The van der Waals surface area contributed by atoms with E-state index in [2.05, 4.69) is 5.32 Å². The van der Waals surface area contributed by atoms with Gasteiger partial charge in [0.15, 0.2) is 0 Å². The second kappa shape index (κ2) is 7.45. The highest BCUT2D eigenvalue weighted by Crippen LogP contribution is 2.16. The molecule has 2 rings (SSSR count). The maximum atomic E-state index is 13.1. The van der Waals surface area contributed by atoms with Crippen molar-refractivity contribution in [3.63, 3.8) is 0 Å². The SMILES string of the molecule is CCOc1ccc(NC(=O)N(C)Cc2cccc(F)c2)cc1. The first-order valence-electron chi connectivity index (χ1n) is 7.08. The molecule has 5 heteroatoms. The minimum atomic E-state index is -0.308. The Morgan fingerprint density at radius 2 is 1.95 bits per heavy atom. The Bertz CT molecular complexity index is 629. The highest BCUT2D eigenvalue weighted by atomic mass is 19.1. The highest BCUT2D eigenvalue weighted by Gasteiger charge is 2.09. The van der Waals surface area contributed by atoms with Crippen molar-refractivity contribution in [2.45, 2.75) is 13.5 Å². The zero-order chi connectivity index (χ0) is 15.9. The van der Waals surface area contributed by atoms with Gasteiger partial charge >= 0.3 is 6.03 Å². The molecule has 22 heavy (non-hydrogen) atoms. The van der Waals surface area contributed by atoms with E-state index in [9.17, 15) is 9.18 Å². The minimum Gasteiger partial charge on any atom is -0.494 e. The smallest absolute Gasteiger partial charge is 0.321 e. The van der Waals surface area contributed by atoms with Crippen molar-refractivity contribution in [3.05, 3.63) is 59.9 Å². The van der Waals surface area contributed by atoms with Gasteiger partial charge in [-0.1, -0.05) is 12.1 Å². The van der Waals surface area contributed by atoms with Gasteiger partial charge in [0.25, 0.3) is 0 Å². The number of carbonyl (C=O) groups is 1. The fourth-order valence-corrected chi connectivity index (χ4v) is 2.00. The van der Waals surface area contributed by atoms with E-state index in [1.54, 1.807) is 43.4 Å². The normalized spacial score (nSPS) is 10.1. The third-order valence-corrected chi connectivity index (χ3v) is 3.07. The number of urea groups is 1. The third kappa shape index (κ3) is 4.48. The Hall–Kier alpha value is -2.56. The number of benzene rings is 2. The van der Waals surface area contributed by atoms with Crippen LogP contribution in [-0.2, 0) is 6.54 Å². The summed E-state index contributed by atoms with van der Waals surface area (Å²) in [5.74, 6) is 0.450. The number of anilines is 1. The summed E-state index contributed by atoms with van der Waals surface area (Å²) in [5, 5.41) is 2.78. The summed E-state index contributed by atoms with van der Waals surface area (Å²) in [7, 11) is 1.66. The molecule has 0 unspecified atom stereocenters. The summed E-state index contributed by atoms with van der Waals surface area (Å²) in [5.41, 5.74) is 1.42. The molecule has 0 fully saturated rings. The Balaban J connectivity index is 1.93. The van der Waals surface area contributed by atoms with Gasteiger partial charge in [-0.05, 0) is 48.9 Å². The van der Waals surface area contributed by atoms with E-state index in [0.717, 1.165) is 11.3 Å². The van der Waals surface area contributed by atoms with Crippen molar-refractivity contribution in [1.29, 1.82) is 0 Å². The van der Waals surface area contributed by atoms with Crippen LogP contribution in [0.1, 0.15) is 12.5 Å². The van der Waals surface area contributed by atoms with Crippen molar-refractivity contribution in [2.24, 2.45) is 0 Å². The molecule has 0 spiro atoms. The lowest BCUT2D eigenvalue weighted by Crippen LogP contribution is -2.30. The monoisotopic (exact) mass is 302 g/mol. The van der Waals surface area contributed by atoms with Crippen molar-refractivity contribution < 1.29 is 13.9 Å². The number of halogens is 1. The number of carbonyl (C=O) groups excluding carboxylic acids is 1. The molecule has 0 aliphatic rings. The van der Waals surface area contributed by atoms with Crippen molar-refractivity contribution in [3.8, 4) is 5.75 Å². The molecule has 0 atom stereocenters. The molecule has 116 valence electrons. The summed E-state index contributed by atoms with van der Waals surface area (Å²) in [6, 6.07) is 13.1. The van der Waals surface area contributed by atoms with Gasteiger partial charge in [0.05, 0.1) is 6.61 Å². The lowest BCUT2D eigenvalue weighted by Gasteiger charge is -2.18. The van der Waals surface area contributed by atoms with Crippen LogP contribution >= 0.6 is 0 Å². The zero-order valence-corrected chi connectivity index (χ0v) is 12.7. The topological polar surface area (TPSA) is 41.6 Å². The van der Waals surface area contributed by atoms with E-state index in [4.69, 9.17) is 4.74 Å². The van der Waals surface area contributed by atoms with Crippen LogP contribution in [0.3, 0.4) is 0 Å². The molecule has 0 radical (unpaired) electrons. The van der Waals surface area contributed by atoms with Crippen molar-refractivity contribution >= 4 is 11.7 Å². The van der Waals surface area contributed by atoms with Gasteiger partial charge in [-0.2, -0.15) is 0 Å². The molecule has 1 N–H and O–H groups in total. The van der Waals surface area contributed by atoms with Gasteiger partial charge in [0.1, 0.15) is 11.6 Å². The lowest BCUT2D eigenvalue weighted by molar-refractivity contribution is 0.220. The highest BCUT2D eigenvalue weighted by molar-refractivity contribution is 5.89. The van der Waals surface area contributed by atoms with Gasteiger partial charge in [0, 0.05) is 19.3 Å². The lowest BCUT2D eigenvalue weighted by atomic mass is 10.2. The van der Waals surface area contributed by atoms with Gasteiger partial charge in [0.2, 0.25) is 0 Å². The third-order valence-electron chi connectivity index (χ3n) is 3.07.